The molecule has 10 heteroatoms. The summed E-state index contributed by atoms with van der Waals surface area (Å²) in [5.41, 5.74) is 1.24. The average molecular weight is 572 g/mol. The van der Waals surface area contributed by atoms with Crippen molar-refractivity contribution in [1.82, 2.24) is 14.8 Å². The molecule has 3 aromatic carbocycles. The Labute approximate surface area is 234 Å². The van der Waals surface area contributed by atoms with E-state index < -0.39 is 35.2 Å². The highest BCUT2D eigenvalue weighted by Crippen LogP contribution is 2.29. The third kappa shape index (κ3) is 7.50. The van der Waals surface area contributed by atoms with Gasteiger partial charge in [0.25, 0.3) is 5.91 Å². The van der Waals surface area contributed by atoms with Crippen LogP contribution in [0, 0.1) is 11.6 Å². The molecule has 0 aliphatic heterocycles. The minimum atomic E-state index is -4.49. The van der Waals surface area contributed by atoms with Gasteiger partial charge in [0, 0.05) is 42.8 Å². The number of halogens is 5. The Morgan fingerprint density at radius 2 is 1.63 bits per heavy atom. The average Bonchev–Trinajstić information content (AvgIpc) is 3.35. The predicted molar refractivity (Wildman–Crippen MR) is 146 cm³/mol. The number of hydrogen-bond acceptors (Lipinski definition) is 2. The van der Waals surface area contributed by atoms with Crippen LogP contribution in [0.1, 0.15) is 46.8 Å². The van der Waals surface area contributed by atoms with Gasteiger partial charge in [-0.2, -0.15) is 13.2 Å². The van der Waals surface area contributed by atoms with Crippen molar-refractivity contribution in [1.29, 1.82) is 0 Å². The number of aromatic nitrogens is 1. The van der Waals surface area contributed by atoms with Gasteiger partial charge in [0.05, 0.1) is 11.1 Å². The van der Waals surface area contributed by atoms with Crippen LogP contribution in [-0.4, -0.2) is 46.2 Å². The van der Waals surface area contributed by atoms with Crippen LogP contribution in [0.25, 0.3) is 10.9 Å². The molecule has 0 aliphatic carbocycles. The summed E-state index contributed by atoms with van der Waals surface area (Å²) in [5.74, 6) is -3.03. The minimum Gasteiger partial charge on any atom is -0.361 e. The molecule has 0 bridgehead atoms. The molecule has 0 aliphatic rings. The van der Waals surface area contributed by atoms with Crippen LogP contribution < -0.4 is 0 Å². The third-order valence-electron chi connectivity index (χ3n) is 6.89. The summed E-state index contributed by atoms with van der Waals surface area (Å²) in [4.78, 5) is 32.7. The zero-order chi connectivity index (χ0) is 29.6. The molecule has 0 fully saturated rings. The fourth-order valence-corrected chi connectivity index (χ4v) is 4.60. The highest BCUT2D eigenvalue weighted by molar-refractivity contribution is 5.96. The maximum atomic E-state index is 14.4. The van der Waals surface area contributed by atoms with E-state index >= 15 is 0 Å². The van der Waals surface area contributed by atoms with Crippen LogP contribution in [0.15, 0.2) is 72.9 Å². The van der Waals surface area contributed by atoms with Crippen molar-refractivity contribution >= 4 is 22.7 Å². The first-order valence-electron chi connectivity index (χ1n) is 13.3. The van der Waals surface area contributed by atoms with Crippen molar-refractivity contribution < 1.29 is 31.5 Å². The van der Waals surface area contributed by atoms with E-state index in [1.165, 1.54) is 21.9 Å². The Kier molecular flexibility index (Phi) is 9.42. The smallest absolute Gasteiger partial charge is 0.361 e. The number of nitrogens with zero attached hydrogens (tertiary/aromatic N) is 2. The molecule has 0 unspecified atom stereocenters. The molecule has 5 nitrogen and oxygen atoms in total. The molecule has 0 radical (unpaired) electrons. The Bertz CT molecular complexity index is 1500. The number of H-pyrrole nitrogens is 1. The van der Waals surface area contributed by atoms with Gasteiger partial charge in [0.2, 0.25) is 5.91 Å². The van der Waals surface area contributed by atoms with E-state index in [-0.39, 0.29) is 31.7 Å². The number of benzene rings is 3. The normalized spacial score (nSPS) is 11.6. The number of rotatable bonds is 11. The van der Waals surface area contributed by atoms with Gasteiger partial charge in [-0.05, 0) is 54.3 Å². The van der Waals surface area contributed by atoms with Crippen LogP contribution in [0.2, 0.25) is 0 Å². The first kappa shape index (κ1) is 29.8. The van der Waals surface area contributed by atoms with Gasteiger partial charge in [-0.3, -0.25) is 9.59 Å². The van der Waals surface area contributed by atoms with Crippen LogP contribution in [0.3, 0.4) is 0 Å². The molecule has 41 heavy (non-hydrogen) atoms. The van der Waals surface area contributed by atoms with E-state index in [4.69, 9.17) is 0 Å². The van der Waals surface area contributed by atoms with Crippen LogP contribution >= 0.6 is 0 Å². The van der Waals surface area contributed by atoms with Gasteiger partial charge in [0.15, 0.2) is 0 Å². The Morgan fingerprint density at radius 1 is 0.902 bits per heavy atom. The fraction of sp³-hybridized carbons (Fsp3) is 0.290. The number of carbonyl (C=O) groups is 2. The molecule has 1 N–H and O–H groups in total. The highest BCUT2D eigenvalue weighted by atomic mass is 19.4. The van der Waals surface area contributed by atoms with Crippen molar-refractivity contribution in [3.8, 4) is 0 Å². The summed E-state index contributed by atoms with van der Waals surface area (Å²) >= 11 is 0. The second-order valence-corrected chi connectivity index (χ2v) is 9.82. The van der Waals surface area contributed by atoms with Gasteiger partial charge in [-0.15, -0.1) is 0 Å². The molecule has 0 saturated carbocycles. The number of unbranched alkanes of at least 4 members (excludes halogenated alkanes) is 1. The third-order valence-corrected chi connectivity index (χ3v) is 6.89. The van der Waals surface area contributed by atoms with Crippen molar-refractivity contribution in [2.24, 2.45) is 0 Å². The molecule has 0 saturated heterocycles. The van der Waals surface area contributed by atoms with E-state index in [0.29, 0.717) is 30.9 Å². The van der Waals surface area contributed by atoms with E-state index in [9.17, 15) is 31.5 Å². The van der Waals surface area contributed by atoms with E-state index in [2.05, 4.69) is 4.98 Å². The lowest BCUT2D eigenvalue weighted by molar-refractivity contribution is -0.137. The van der Waals surface area contributed by atoms with Crippen molar-refractivity contribution in [3.63, 3.8) is 0 Å². The molecule has 1 heterocycles. The minimum absolute atomic E-state index is 0.0139. The lowest BCUT2D eigenvalue weighted by Crippen LogP contribution is -2.44. The molecule has 4 rings (SSSR count). The van der Waals surface area contributed by atoms with Gasteiger partial charge >= 0.3 is 6.18 Å². The van der Waals surface area contributed by atoms with Crippen LogP contribution in [0.4, 0.5) is 22.0 Å². The van der Waals surface area contributed by atoms with Crippen molar-refractivity contribution in [2.45, 2.75) is 38.9 Å². The van der Waals surface area contributed by atoms with Crippen LogP contribution in [0.5, 0.6) is 0 Å². The molecule has 2 amide bonds. The zero-order valence-corrected chi connectivity index (χ0v) is 22.5. The van der Waals surface area contributed by atoms with E-state index in [1.807, 2.05) is 37.4 Å². The number of hydrogen-bond donors (Lipinski definition) is 1. The highest BCUT2D eigenvalue weighted by Gasteiger charge is 2.30. The van der Waals surface area contributed by atoms with Gasteiger partial charge < -0.3 is 14.8 Å². The van der Waals surface area contributed by atoms with Crippen LogP contribution in [-0.2, 0) is 23.9 Å². The molecule has 0 spiro atoms. The Morgan fingerprint density at radius 3 is 2.32 bits per heavy atom. The van der Waals surface area contributed by atoms with Gasteiger partial charge in [-0.1, -0.05) is 43.7 Å². The predicted octanol–water partition coefficient (Wildman–Crippen LogP) is 6.98. The summed E-state index contributed by atoms with van der Waals surface area (Å²) in [5, 5.41) is 0.987. The molecular formula is C31H30F5N3O2. The number of carbonyl (C=O) groups excluding carboxylic acids is 2. The van der Waals surface area contributed by atoms with E-state index in [1.54, 1.807) is 0 Å². The standard InChI is InChI=1S/C31H30F5N3O2/c1-2-3-15-39(30(41)26-13-12-24(32)17-27(26)33)20-29(40)38(19-21-8-10-23(11-9-21)31(34,35)36)16-14-22-18-37-28-7-5-4-6-25(22)28/h4-13,17-18,37H,2-3,14-16,19-20H2,1H3. The number of fused-ring (bicyclic) bond motifs is 1. The molecule has 4 aromatic rings. The Balaban J connectivity index is 1.57. The number of aromatic amines is 1. The summed E-state index contributed by atoms with van der Waals surface area (Å²) < 4.78 is 67.1. The summed E-state index contributed by atoms with van der Waals surface area (Å²) in [6, 6.07) is 14.9. The monoisotopic (exact) mass is 571 g/mol. The first-order valence-corrected chi connectivity index (χ1v) is 13.3. The van der Waals surface area contributed by atoms with Crippen molar-refractivity contribution in [2.75, 3.05) is 19.6 Å². The first-order chi connectivity index (χ1) is 19.6. The van der Waals surface area contributed by atoms with Gasteiger partial charge in [-0.25, -0.2) is 8.78 Å². The summed E-state index contributed by atoms with van der Waals surface area (Å²) in [6.45, 7) is 1.95. The topological polar surface area (TPSA) is 56.4 Å². The van der Waals surface area contributed by atoms with Crippen molar-refractivity contribution in [3.05, 3.63) is 107 Å². The lowest BCUT2D eigenvalue weighted by atomic mass is 10.1. The summed E-state index contributed by atoms with van der Waals surface area (Å²) in [6.07, 6.45) is -0.930. The Hall–Kier alpha value is -4.21. The molecule has 1 aromatic heterocycles. The number of para-hydroxylation sites is 1. The van der Waals surface area contributed by atoms with Gasteiger partial charge in [0.1, 0.15) is 18.2 Å². The largest absolute Gasteiger partial charge is 0.416 e. The zero-order valence-electron chi connectivity index (χ0n) is 22.5. The second-order valence-electron chi connectivity index (χ2n) is 9.82. The molecule has 216 valence electrons. The summed E-state index contributed by atoms with van der Waals surface area (Å²) in [7, 11) is 0. The number of amides is 2. The SMILES string of the molecule is CCCCN(CC(=O)N(CCc1c[nH]c2ccccc12)Cc1ccc(C(F)(F)F)cc1)C(=O)c1ccc(F)cc1F. The molecular weight excluding hydrogens is 541 g/mol. The quantitative estimate of drug-likeness (QED) is 0.198. The van der Waals surface area contributed by atoms with E-state index in [0.717, 1.165) is 40.7 Å². The number of alkyl halides is 3. The maximum absolute atomic E-state index is 14.4. The second kappa shape index (κ2) is 13.0. The lowest BCUT2D eigenvalue weighted by Gasteiger charge is -2.28. The maximum Gasteiger partial charge on any atom is 0.416 e. The number of nitrogens with one attached hydrogen (secondary N) is 1. The fourth-order valence-electron chi connectivity index (χ4n) is 4.60. The molecule has 0 atom stereocenters.